The minimum Gasteiger partial charge on any atom is -0.342 e. The molecule has 0 atom stereocenters. The summed E-state index contributed by atoms with van der Waals surface area (Å²) >= 11 is 1.47. The molecule has 0 radical (unpaired) electrons. The van der Waals surface area contributed by atoms with E-state index in [0.717, 1.165) is 36.4 Å². The van der Waals surface area contributed by atoms with Gasteiger partial charge in [0.15, 0.2) is 5.78 Å². The van der Waals surface area contributed by atoms with Crippen LogP contribution >= 0.6 is 11.8 Å². The maximum Gasteiger partial charge on any atom is 0.232 e. The number of carbonyl (C=O) groups excluding carboxylic acids is 2. The number of Topliss-reactive ketones (excluding diaryl/α,β-unsaturated/α-hetero) is 1. The molecule has 4 heteroatoms. The van der Waals surface area contributed by atoms with Gasteiger partial charge in [0.25, 0.3) is 0 Å². The Balaban J connectivity index is 1.99. The molecular formula is C15H19NO2S. The van der Waals surface area contributed by atoms with Crippen LogP contribution in [0.5, 0.6) is 0 Å². The van der Waals surface area contributed by atoms with Crippen molar-refractivity contribution in [3.63, 3.8) is 0 Å². The Hall–Kier alpha value is -1.29. The number of rotatable bonds is 5. The number of thioether (sulfide) groups is 1. The van der Waals surface area contributed by atoms with Crippen molar-refractivity contribution in [1.29, 1.82) is 0 Å². The van der Waals surface area contributed by atoms with Crippen LogP contribution in [0, 0.1) is 0 Å². The van der Waals surface area contributed by atoms with E-state index in [-0.39, 0.29) is 11.7 Å². The number of hydrogen-bond donors (Lipinski definition) is 0. The second-order valence-corrected chi connectivity index (χ2v) is 5.67. The van der Waals surface area contributed by atoms with Gasteiger partial charge in [0, 0.05) is 30.0 Å². The summed E-state index contributed by atoms with van der Waals surface area (Å²) in [5.74, 6) is 0.742. The van der Waals surface area contributed by atoms with Gasteiger partial charge in [-0.3, -0.25) is 9.59 Å². The second kappa shape index (κ2) is 6.75. The molecule has 1 saturated heterocycles. The molecule has 19 heavy (non-hydrogen) atoms. The van der Waals surface area contributed by atoms with Crippen LogP contribution in [0.3, 0.4) is 0 Å². The van der Waals surface area contributed by atoms with E-state index < -0.39 is 0 Å². The Bertz CT molecular complexity index is 467. The SMILES string of the molecule is CCC(=O)c1ccccc1SCC(=O)N1CCCC1. The van der Waals surface area contributed by atoms with Gasteiger partial charge in [-0.2, -0.15) is 0 Å². The molecule has 1 aromatic carbocycles. The lowest BCUT2D eigenvalue weighted by molar-refractivity contribution is -0.127. The number of carbonyl (C=O) groups is 2. The zero-order chi connectivity index (χ0) is 13.7. The van der Waals surface area contributed by atoms with Crippen molar-refractivity contribution in [3.8, 4) is 0 Å². The normalized spacial score (nSPS) is 14.7. The molecule has 1 amide bonds. The Kier molecular flexibility index (Phi) is 5.02. The molecule has 0 spiro atoms. The summed E-state index contributed by atoms with van der Waals surface area (Å²) in [5, 5.41) is 0. The van der Waals surface area contributed by atoms with E-state index in [0.29, 0.717) is 12.2 Å². The third kappa shape index (κ3) is 3.60. The fourth-order valence-electron chi connectivity index (χ4n) is 2.21. The summed E-state index contributed by atoms with van der Waals surface area (Å²) in [5.41, 5.74) is 0.740. The smallest absolute Gasteiger partial charge is 0.232 e. The number of benzene rings is 1. The Morgan fingerprint density at radius 1 is 1.21 bits per heavy atom. The standard InChI is InChI=1S/C15H19NO2S/c1-2-13(17)12-7-3-4-8-14(12)19-11-15(18)16-9-5-6-10-16/h3-4,7-8H,2,5-6,9-11H2,1H3. The summed E-state index contributed by atoms with van der Waals surface area (Å²) in [4.78, 5) is 26.6. The maximum atomic E-state index is 12.0. The van der Waals surface area contributed by atoms with Gasteiger partial charge in [0.2, 0.25) is 5.91 Å². The molecule has 2 rings (SSSR count). The monoisotopic (exact) mass is 277 g/mol. The first kappa shape index (κ1) is 14.1. The largest absolute Gasteiger partial charge is 0.342 e. The van der Waals surface area contributed by atoms with Gasteiger partial charge < -0.3 is 4.90 Å². The highest BCUT2D eigenvalue weighted by Gasteiger charge is 2.18. The fourth-order valence-corrected chi connectivity index (χ4v) is 3.18. The van der Waals surface area contributed by atoms with Gasteiger partial charge in [-0.15, -0.1) is 11.8 Å². The van der Waals surface area contributed by atoms with Gasteiger partial charge in [0.05, 0.1) is 5.75 Å². The first-order chi connectivity index (χ1) is 9.22. The van der Waals surface area contributed by atoms with Gasteiger partial charge in [-0.1, -0.05) is 25.1 Å². The molecule has 1 aliphatic heterocycles. The molecule has 0 aliphatic carbocycles. The van der Waals surface area contributed by atoms with Crippen LogP contribution in [-0.2, 0) is 4.79 Å². The minimum absolute atomic E-state index is 0.136. The Morgan fingerprint density at radius 2 is 1.89 bits per heavy atom. The minimum atomic E-state index is 0.136. The molecule has 1 heterocycles. The highest BCUT2D eigenvalue weighted by molar-refractivity contribution is 8.00. The van der Waals surface area contributed by atoms with E-state index >= 15 is 0 Å². The highest BCUT2D eigenvalue weighted by Crippen LogP contribution is 2.24. The predicted molar refractivity (Wildman–Crippen MR) is 77.6 cm³/mol. The molecule has 0 N–H and O–H groups in total. The van der Waals surface area contributed by atoms with E-state index in [1.807, 2.05) is 36.1 Å². The summed E-state index contributed by atoms with van der Waals surface area (Å²) < 4.78 is 0. The van der Waals surface area contributed by atoms with Gasteiger partial charge in [-0.05, 0) is 18.9 Å². The number of amides is 1. The number of nitrogens with zero attached hydrogens (tertiary/aromatic N) is 1. The van der Waals surface area contributed by atoms with Crippen molar-refractivity contribution in [2.75, 3.05) is 18.8 Å². The molecular weight excluding hydrogens is 258 g/mol. The maximum absolute atomic E-state index is 12.0. The van der Waals surface area contributed by atoms with Gasteiger partial charge in [-0.25, -0.2) is 0 Å². The van der Waals surface area contributed by atoms with Crippen molar-refractivity contribution >= 4 is 23.5 Å². The summed E-state index contributed by atoms with van der Waals surface area (Å²) in [6, 6.07) is 7.55. The first-order valence-corrected chi connectivity index (χ1v) is 7.73. The Morgan fingerprint density at radius 3 is 2.58 bits per heavy atom. The van der Waals surface area contributed by atoms with Crippen LogP contribution in [-0.4, -0.2) is 35.4 Å². The number of hydrogen-bond acceptors (Lipinski definition) is 3. The highest BCUT2D eigenvalue weighted by atomic mass is 32.2. The Labute approximate surface area is 118 Å². The van der Waals surface area contributed by atoms with Crippen LogP contribution in [0.15, 0.2) is 29.2 Å². The molecule has 0 aromatic heterocycles. The summed E-state index contributed by atoms with van der Waals surface area (Å²) in [7, 11) is 0. The van der Waals surface area contributed by atoms with Crippen molar-refractivity contribution in [1.82, 2.24) is 4.90 Å². The third-order valence-corrected chi connectivity index (χ3v) is 4.38. The average Bonchev–Trinajstić information content (AvgIpc) is 2.98. The second-order valence-electron chi connectivity index (χ2n) is 4.65. The van der Waals surface area contributed by atoms with Crippen molar-refractivity contribution in [3.05, 3.63) is 29.8 Å². The van der Waals surface area contributed by atoms with E-state index in [9.17, 15) is 9.59 Å². The van der Waals surface area contributed by atoms with Gasteiger partial charge in [0.1, 0.15) is 0 Å². The molecule has 0 saturated carbocycles. The molecule has 3 nitrogen and oxygen atoms in total. The fraction of sp³-hybridized carbons (Fsp3) is 0.467. The molecule has 1 aromatic rings. The van der Waals surface area contributed by atoms with Crippen LogP contribution < -0.4 is 0 Å². The van der Waals surface area contributed by atoms with Gasteiger partial charge >= 0.3 is 0 Å². The predicted octanol–water partition coefficient (Wildman–Crippen LogP) is 2.99. The van der Waals surface area contributed by atoms with Crippen LogP contribution in [0.25, 0.3) is 0 Å². The third-order valence-electron chi connectivity index (χ3n) is 3.32. The summed E-state index contributed by atoms with van der Waals surface area (Å²) in [6.07, 6.45) is 2.72. The lowest BCUT2D eigenvalue weighted by Crippen LogP contribution is -2.29. The van der Waals surface area contributed by atoms with Crippen molar-refractivity contribution < 1.29 is 9.59 Å². The van der Waals surface area contributed by atoms with Crippen LogP contribution in [0.4, 0.5) is 0 Å². The number of ketones is 1. The summed E-state index contributed by atoms with van der Waals surface area (Å²) in [6.45, 7) is 3.63. The topological polar surface area (TPSA) is 37.4 Å². The number of likely N-dealkylation sites (tertiary alicyclic amines) is 1. The van der Waals surface area contributed by atoms with E-state index in [2.05, 4.69) is 0 Å². The molecule has 0 bridgehead atoms. The van der Waals surface area contributed by atoms with E-state index in [1.165, 1.54) is 11.8 Å². The molecule has 1 aliphatic rings. The molecule has 102 valence electrons. The quantitative estimate of drug-likeness (QED) is 0.613. The molecule has 1 fully saturated rings. The van der Waals surface area contributed by atoms with Crippen LogP contribution in [0.1, 0.15) is 36.5 Å². The zero-order valence-corrected chi connectivity index (χ0v) is 12.0. The zero-order valence-electron chi connectivity index (χ0n) is 11.2. The van der Waals surface area contributed by atoms with Crippen molar-refractivity contribution in [2.45, 2.75) is 31.1 Å². The van der Waals surface area contributed by atoms with Crippen LogP contribution in [0.2, 0.25) is 0 Å². The molecule has 0 unspecified atom stereocenters. The van der Waals surface area contributed by atoms with E-state index in [1.54, 1.807) is 0 Å². The lowest BCUT2D eigenvalue weighted by Gasteiger charge is -2.15. The van der Waals surface area contributed by atoms with Crippen molar-refractivity contribution in [2.24, 2.45) is 0 Å². The average molecular weight is 277 g/mol. The lowest BCUT2D eigenvalue weighted by atomic mass is 10.1. The van der Waals surface area contributed by atoms with E-state index in [4.69, 9.17) is 0 Å². The first-order valence-electron chi connectivity index (χ1n) is 6.75.